The minimum absolute atomic E-state index is 0.288. The number of hydrogen-bond acceptors (Lipinski definition) is 4. The minimum atomic E-state index is -4.73. The fourth-order valence-electron chi connectivity index (χ4n) is 3.35. The number of ether oxygens (including phenoxy) is 1. The van der Waals surface area contributed by atoms with Crippen molar-refractivity contribution in [2.45, 2.75) is 19.2 Å². The summed E-state index contributed by atoms with van der Waals surface area (Å²) in [6.45, 7) is 0. The van der Waals surface area contributed by atoms with E-state index >= 15 is 0 Å². The second-order valence-electron chi connectivity index (χ2n) is 6.24. The number of imidazole rings is 1. The van der Waals surface area contributed by atoms with Gasteiger partial charge in [0.2, 0.25) is 0 Å². The predicted octanol–water partition coefficient (Wildman–Crippen LogP) is 3.29. The summed E-state index contributed by atoms with van der Waals surface area (Å²) in [6, 6.07) is 10.7. The van der Waals surface area contributed by atoms with Crippen LogP contribution in [0.5, 0.6) is 5.75 Å². The standard InChI is InChI=1S/C19H14F3N3O3/c20-19(21,22)28-14-5-3-13(4-6-14)25-10-23-17-15-7-2-12(24-18(26)27)9-11(15)1-8-16(17)25/h2-7,9-10,24H,1,8H2,(H,26,27)/p-1. The van der Waals surface area contributed by atoms with E-state index in [-0.39, 0.29) is 5.75 Å². The van der Waals surface area contributed by atoms with E-state index in [1.54, 1.807) is 24.5 Å². The van der Waals surface area contributed by atoms with Gasteiger partial charge < -0.3 is 24.5 Å². The van der Waals surface area contributed by atoms with Gasteiger partial charge in [0.15, 0.2) is 0 Å². The Kier molecular flexibility index (Phi) is 4.21. The van der Waals surface area contributed by atoms with E-state index in [9.17, 15) is 23.1 Å². The fraction of sp³-hybridized carbons (Fsp3) is 0.158. The van der Waals surface area contributed by atoms with E-state index in [0.717, 1.165) is 22.5 Å². The van der Waals surface area contributed by atoms with E-state index < -0.39 is 12.5 Å². The van der Waals surface area contributed by atoms with Crippen LogP contribution in [0, 0.1) is 0 Å². The van der Waals surface area contributed by atoms with Crippen LogP contribution in [0.3, 0.4) is 0 Å². The van der Waals surface area contributed by atoms with Crippen molar-refractivity contribution >= 4 is 11.8 Å². The molecule has 1 N–H and O–H groups in total. The maximum Gasteiger partial charge on any atom is 0.573 e. The molecular formula is C19H13F3N3O3-. The van der Waals surface area contributed by atoms with Gasteiger partial charge in [0.1, 0.15) is 18.2 Å². The van der Waals surface area contributed by atoms with Gasteiger partial charge in [-0.05, 0) is 54.8 Å². The smallest absolute Gasteiger partial charge is 0.530 e. The minimum Gasteiger partial charge on any atom is -0.530 e. The molecule has 2 aromatic carbocycles. The summed E-state index contributed by atoms with van der Waals surface area (Å²) in [5.41, 5.74) is 4.64. The normalized spacial score (nSPS) is 12.8. The topological polar surface area (TPSA) is 79.2 Å². The van der Waals surface area contributed by atoms with Crippen LogP contribution < -0.4 is 15.2 Å². The SMILES string of the molecule is O=C([O-])Nc1ccc2c(c1)CCc1c-2ncn1-c1ccc(OC(F)(F)F)cc1. The highest BCUT2D eigenvalue weighted by atomic mass is 19.4. The first-order chi connectivity index (χ1) is 13.3. The van der Waals surface area contributed by atoms with Crippen LogP contribution in [0.1, 0.15) is 11.3 Å². The number of halogens is 3. The average Bonchev–Trinajstić information content (AvgIpc) is 3.04. The fourth-order valence-corrected chi connectivity index (χ4v) is 3.35. The highest BCUT2D eigenvalue weighted by molar-refractivity contribution is 5.83. The number of alkyl halides is 3. The Balaban J connectivity index is 1.64. The molecule has 1 aliphatic carbocycles. The van der Waals surface area contributed by atoms with Crippen LogP contribution in [0.15, 0.2) is 48.8 Å². The number of nitrogens with one attached hydrogen (secondary N) is 1. The summed E-state index contributed by atoms with van der Waals surface area (Å²) in [5.74, 6) is -0.288. The Morgan fingerprint density at radius 3 is 2.57 bits per heavy atom. The van der Waals surface area contributed by atoms with Crippen LogP contribution in [-0.2, 0) is 12.8 Å². The summed E-state index contributed by atoms with van der Waals surface area (Å²) in [6.07, 6.45) is -3.17. The van der Waals surface area contributed by atoms with Gasteiger partial charge in [-0.2, -0.15) is 0 Å². The molecule has 1 aliphatic rings. The molecule has 0 atom stereocenters. The van der Waals surface area contributed by atoms with Crippen molar-refractivity contribution in [3.05, 3.63) is 60.0 Å². The van der Waals surface area contributed by atoms with Crippen molar-refractivity contribution in [3.63, 3.8) is 0 Å². The number of anilines is 1. The van der Waals surface area contributed by atoms with Crippen LogP contribution in [-0.4, -0.2) is 22.0 Å². The highest BCUT2D eigenvalue weighted by Crippen LogP contribution is 2.35. The summed E-state index contributed by atoms with van der Waals surface area (Å²) >= 11 is 0. The van der Waals surface area contributed by atoms with Gasteiger partial charge in [-0.1, -0.05) is 6.07 Å². The number of carboxylic acid groups (broad SMARTS) is 1. The lowest BCUT2D eigenvalue weighted by atomic mass is 9.91. The number of rotatable bonds is 3. The third-order valence-corrected chi connectivity index (χ3v) is 4.45. The molecule has 3 aromatic rings. The van der Waals surface area contributed by atoms with Crippen LogP contribution in [0.2, 0.25) is 0 Å². The van der Waals surface area contributed by atoms with Crippen molar-refractivity contribution in [1.29, 1.82) is 0 Å². The molecule has 0 spiro atoms. The summed E-state index contributed by atoms with van der Waals surface area (Å²) in [5, 5.41) is 12.9. The summed E-state index contributed by atoms with van der Waals surface area (Å²) in [4.78, 5) is 15.1. The van der Waals surface area contributed by atoms with Gasteiger partial charge in [-0.3, -0.25) is 0 Å². The van der Waals surface area contributed by atoms with Crippen molar-refractivity contribution in [3.8, 4) is 22.7 Å². The molecule has 0 saturated carbocycles. The molecule has 144 valence electrons. The predicted molar refractivity (Wildman–Crippen MR) is 92.1 cm³/mol. The monoisotopic (exact) mass is 388 g/mol. The van der Waals surface area contributed by atoms with E-state index in [0.29, 0.717) is 24.2 Å². The third-order valence-electron chi connectivity index (χ3n) is 4.45. The molecule has 0 saturated heterocycles. The number of benzene rings is 2. The molecule has 6 nitrogen and oxygen atoms in total. The maximum absolute atomic E-state index is 12.3. The van der Waals surface area contributed by atoms with E-state index in [4.69, 9.17) is 0 Å². The summed E-state index contributed by atoms with van der Waals surface area (Å²) < 4.78 is 42.6. The first-order valence-electron chi connectivity index (χ1n) is 8.34. The second kappa shape index (κ2) is 6.59. The molecule has 0 aliphatic heterocycles. The number of aromatic nitrogens is 2. The molecular weight excluding hydrogens is 375 g/mol. The lowest BCUT2D eigenvalue weighted by Gasteiger charge is -2.19. The first-order valence-corrected chi connectivity index (χ1v) is 8.34. The number of carbonyl (C=O) groups is 1. The Bertz CT molecular complexity index is 1040. The van der Waals surface area contributed by atoms with Crippen molar-refractivity contribution in [2.24, 2.45) is 0 Å². The van der Waals surface area contributed by atoms with Gasteiger partial charge in [-0.15, -0.1) is 13.2 Å². The van der Waals surface area contributed by atoms with Crippen molar-refractivity contribution in [1.82, 2.24) is 9.55 Å². The number of hydrogen-bond donors (Lipinski definition) is 1. The highest BCUT2D eigenvalue weighted by Gasteiger charge is 2.31. The molecule has 0 unspecified atom stereocenters. The molecule has 0 fully saturated rings. The molecule has 1 amide bonds. The number of carbonyl (C=O) groups excluding carboxylic acids is 1. The van der Waals surface area contributed by atoms with E-state index in [1.165, 1.54) is 24.3 Å². The Hall–Kier alpha value is -3.49. The number of amides is 1. The van der Waals surface area contributed by atoms with Crippen LogP contribution in [0.4, 0.5) is 23.7 Å². The van der Waals surface area contributed by atoms with E-state index in [1.807, 2.05) is 4.57 Å². The van der Waals surface area contributed by atoms with Gasteiger partial charge in [0, 0.05) is 16.9 Å². The quantitative estimate of drug-likeness (QED) is 0.747. The second-order valence-corrected chi connectivity index (χ2v) is 6.24. The average molecular weight is 388 g/mol. The number of nitrogens with zero attached hydrogens (tertiary/aromatic N) is 2. The molecule has 0 bridgehead atoms. The Morgan fingerprint density at radius 1 is 1.14 bits per heavy atom. The Labute approximate surface area is 157 Å². The van der Waals surface area contributed by atoms with Gasteiger partial charge in [0.05, 0.1) is 11.4 Å². The zero-order valence-corrected chi connectivity index (χ0v) is 14.3. The lowest BCUT2D eigenvalue weighted by molar-refractivity contribution is -0.274. The molecule has 28 heavy (non-hydrogen) atoms. The molecule has 1 heterocycles. The molecule has 4 rings (SSSR count). The molecule has 1 aromatic heterocycles. The number of fused-ring (bicyclic) bond motifs is 3. The largest absolute Gasteiger partial charge is 0.573 e. The third kappa shape index (κ3) is 3.51. The van der Waals surface area contributed by atoms with E-state index in [2.05, 4.69) is 15.0 Å². The first kappa shape index (κ1) is 17.9. The van der Waals surface area contributed by atoms with Gasteiger partial charge >= 0.3 is 6.36 Å². The van der Waals surface area contributed by atoms with Gasteiger partial charge in [-0.25, -0.2) is 4.98 Å². The van der Waals surface area contributed by atoms with Crippen molar-refractivity contribution in [2.75, 3.05) is 5.32 Å². The summed E-state index contributed by atoms with van der Waals surface area (Å²) in [7, 11) is 0. The zero-order valence-electron chi connectivity index (χ0n) is 14.3. The maximum atomic E-state index is 12.3. The van der Waals surface area contributed by atoms with Crippen molar-refractivity contribution < 1.29 is 27.8 Å². The van der Waals surface area contributed by atoms with Gasteiger partial charge in [0.25, 0.3) is 0 Å². The van der Waals surface area contributed by atoms with Crippen LogP contribution >= 0.6 is 0 Å². The molecule has 0 radical (unpaired) electrons. The molecule has 9 heteroatoms. The lowest BCUT2D eigenvalue weighted by Crippen LogP contribution is -2.28. The van der Waals surface area contributed by atoms with Crippen LogP contribution in [0.25, 0.3) is 16.9 Å². The number of aryl methyl sites for hydroxylation is 1. The Morgan fingerprint density at radius 2 is 1.89 bits per heavy atom. The zero-order chi connectivity index (χ0) is 19.9.